The molecule has 1 atom stereocenters. The standard InChI is InChI=1S/C24H28N2O5/c1-4-24(2,22(29)26(3)14-13-21(27)28)25-23(30)31-15-20-18-11-7-5-9-16(18)17-10-6-8-12-19(17)20/h5-12,20H,4,13-15H2,1-3H3,(H,25,30)(H,27,28). The molecule has 1 unspecified atom stereocenters. The number of rotatable bonds is 8. The first-order valence-electron chi connectivity index (χ1n) is 10.4. The Balaban J connectivity index is 1.66. The van der Waals surface area contributed by atoms with Gasteiger partial charge in [-0.3, -0.25) is 9.59 Å². The van der Waals surface area contributed by atoms with Crippen molar-refractivity contribution in [2.24, 2.45) is 0 Å². The van der Waals surface area contributed by atoms with Gasteiger partial charge in [0, 0.05) is 19.5 Å². The zero-order chi connectivity index (χ0) is 22.6. The lowest BCUT2D eigenvalue weighted by atomic mass is 9.97. The molecule has 164 valence electrons. The van der Waals surface area contributed by atoms with Gasteiger partial charge >= 0.3 is 12.1 Å². The number of carboxylic acids is 1. The third kappa shape index (κ3) is 4.71. The van der Waals surface area contributed by atoms with E-state index in [0.717, 1.165) is 22.3 Å². The molecule has 2 amide bonds. The second kappa shape index (κ2) is 9.20. The Labute approximate surface area is 182 Å². The number of carbonyl (C=O) groups excluding carboxylic acids is 2. The lowest BCUT2D eigenvalue weighted by molar-refractivity contribution is -0.140. The predicted octanol–water partition coefficient (Wildman–Crippen LogP) is 3.63. The summed E-state index contributed by atoms with van der Waals surface area (Å²) in [6.07, 6.45) is -0.494. The van der Waals surface area contributed by atoms with E-state index in [2.05, 4.69) is 17.4 Å². The van der Waals surface area contributed by atoms with Crippen molar-refractivity contribution in [1.29, 1.82) is 0 Å². The second-order valence-corrected chi connectivity index (χ2v) is 8.01. The van der Waals surface area contributed by atoms with E-state index in [4.69, 9.17) is 9.84 Å². The van der Waals surface area contributed by atoms with Crippen LogP contribution in [0.15, 0.2) is 48.5 Å². The molecule has 1 aliphatic rings. The number of carbonyl (C=O) groups is 3. The molecule has 0 bridgehead atoms. The Bertz CT molecular complexity index is 944. The monoisotopic (exact) mass is 424 g/mol. The molecule has 2 aromatic carbocycles. The maximum absolute atomic E-state index is 12.8. The van der Waals surface area contributed by atoms with Crippen molar-refractivity contribution in [3.05, 3.63) is 59.7 Å². The Hall–Kier alpha value is -3.35. The van der Waals surface area contributed by atoms with Gasteiger partial charge in [0.1, 0.15) is 12.1 Å². The zero-order valence-corrected chi connectivity index (χ0v) is 18.1. The first-order chi connectivity index (χ1) is 14.8. The largest absolute Gasteiger partial charge is 0.481 e. The van der Waals surface area contributed by atoms with Gasteiger partial charge in [-0.25, -0.2) is 4.79 Å². The van der Waals surface area contributed by atoms with Crippen molar-refractivity contribution in [2.45, 2.75) is 38.1 Å². The van der Waals surface area contributed by atoms with E-state index < -0.39 is 17.6 Å². The van der Waals surface area contributed by atoms with Crippen LogP contribution >= 0.6 is 0 Å². The van der Waals surface area contributed by atoms with Crippen LogP contribution in [0.3, 0.4) is 0 Å². The highest BCUT2D eigenvalue weighted by molar-refractivity contribution is 5.89. The van der Waals surface area contributed by atoms with Gasteiger partial charge in [-0.1, -0.05) is 55.5 Å². The summed E-state index contributed by atoms with van der Waals surface area (Å²) in [5.74, 6) is -1.41. The molecule has 7 nitrogen and oxygen atoms in total. The number of fused-ring (bicyclic) bond motifs is 3. The van der Waals surface area contributed by atoms with Crippen LogP contribution in [0.1, 0.15) is 43.7 Å². The molecular formula is C24H28N2O5. The summed E-state index contributed by atoms with van der Waals surface area (Å²) in [6, 6.07) is 16.1. The third-order valence-electron chi connectivity index (χ3n) is 5.91. The molecule has 7 heteroatoms. The van der Waals surface area contributed by atoms with E-state index in [1.54, 1.807) is 13.8 Å². The molecule has 0 saturated heterocycles. The van der Waals surface area contributed by atoms with Crippen LogP contribution in [0.2, 0.25) is 0 Å². The fourth-order valence-electron chi connectivity index (χ4n) is 3.94. The number of likely N-dealkylation sites (N-methyl/N-ethyl adjacent to an activating group) is 1. The number of hydrogen-bond acceptors (Lipinski definition) is 4. The van der Waals surface area contributed by atoms with Crippen LogP contribution in [0.5, 0.6) is 0 Å². The number of nitrogens with one attached hydrogen (secondary N) is 1. The van der Waals surface area contributed by atoms with Gasteiger partial charge in [-0.05, 0) is 35.6 Å². The SMILES string of the molecule is CCC(C)(NC(=O)OCC1c2ccccc2-c2ccccc21)C(=O)N(C)CCC(=O)O. The number of alkyl carbamates (subject to hydrolysis) is 1. The number of aliphatic carboxylic acids is 1. The molecule has 0 radical (unpaired) electrons. The van der Waals surface area contributed by atoms with Crippen LogP contribution in [0.4, 0.5) is 4.79 Å². The average molecular weight is 424 g/mol. The number of amides is 2. The van der Waals surface area contributed by atoms with Crippen LogP contribution in [0, 0.1) is 0 Å². The van der Waals surface area contributed by atoms with E-state index in [9.17, 15) is 14.4 Å². The lowest BCUT2D eigenvalue weighted by Gasteiger charge is -2.32. The molecular weight excluding hydrogens is 396 g/mol. The van der Waals surface area contributed by atoms with Crippen LogP contribution in [-0.2, 0) is 14.3 Å². The quantitative estimate of drug-likeness (QED) is 0.675. The van der Waals surface area contributed by atoms with E-state index in [1.807, 2.05) is 36.4 Å². The minimum Gasteiger partial charge on any atom is -0.481 e. The highest BCUT2D eigenvalue weighted by Crippen LogP contribution is 2.44. The van der Waals surface area contributed by atoms with Gasteiger partial charge in [0.05, 0.1) is 6.42 Å². The smallest absolute Gasteiger partial charge is 0.408 e. The average Bonchev–Trinajstić information content (AvgIpc) is 3.09. The molecule has 0 aromatic heterocycles. The van der Waals surface area contributed by atoms with Crippen molar-refractivity contribution in [3.63, 3.8) is 0 Å². The maximum Gasteiger partial charge on any atom is 0.408 e. The van der Waals surface area contributed by atoms with Gasteiger partial charge in [0.15, 0.2) is 0 Å². The molecule has 0 fully saturated rings. The van der Waals surface area contributed by atoms with Gasteiger partial charge in [-0.2, -0.15) is 0 Å². The summed E-state index contributed by atoms with van der Waals surface area (Å²) in [6.45, 7) is 3.62. The van der Waals surface area contributed by atoms with Gasteiger partial charge in [-0.15, -0.1) is 0 Å². The third-order valence-corrected chi connectivity index (χ3v) is 5.91. The highest BCUT2D eigenvalue weighted by atomic mass is 16.5. The maximum atomic E-state index is 12.8. The van der Waals surface area contributed by atoms with Crippen molar-refractivity contribution in [2.75, 3.05) is 20.2 Å². The van der Waals surface area contributed by atoms with E-state index >= 15 is 0 Å². The number of benzene rings is 2. The molecule has 0 saturated carbocycles. The summed E-state index contributed by atoms with van der Waals surface area (Å²) in [5.41, 5.74) is 3.32. The summed E-state index contributed by atoms with van der Waals surface area (Å²) >= 11 is 0. The summed E-state index contributed by atoms with van der Waals surface area (Å²) in [5, 5.41) is 11.5. The first-order valence-corrected chi connectivity index (χ1v) is 10.4. The van der Waals surface area contributed by atoms with Gasteiger partial charge in [0.25, 0.3) is 0 Å². The number of ether oxygens (including phenoxy) is 1. The van der Waals surface area contributed by atoms with Crippen molar-refractivity contribution >= 4 is 18.0 Å². The Morgan fingerprint density at radius 3 is 2.13 bits per heavy atom. The molecule has 0 heterocycles. The summed E-state index contributed by atoms with van der Waals surface area (Å²) < 4.78 is 5.55. The molecule has 0 aliphatic heterocycles. The molecule has 2 N–H and O–H groups in total. The normalized spacial score (nSPS) is 14.2. The number of nitrogens with zero attached hydrogens (tertiary/aromatic N) is 1. The number of carboxylic acid groups (broad SMARTS) is 1. The van der Waals surface area contributed by atoms with Gasteiger partial charge in [0.2, 0.25) is 5.91 Å². The van der Waals surface area contributed by atoms with Crippen LogP contribution < -0.4 is 5.32 Å². The van der Waals surface area contributed by atoms with Gasteiger partial charge < -0.3 is 20.1 Å². The van der Waals surface area contributed by atoms with Crippen LogP contribution in [-0.4, -0.2) is 53.7 Å². The predicted molar refractivity (Wildman–Crippen MR) is 117 cm³/mol. The molecule has 0 spiro atoms. The van der Waals surface area contributed by atoms with Crippen molar-refractivity contribution in [1.82, 2.24) is 10.2 Å². The van der Waals surface area contributed by atoms with E-state index in [0.29, 0.717) is 6.42 Å². The lowest BCUT2D eigenvalue weighted by Crippen LogP contribution is -2.57. The van der Waals surface area contributed by atoms with E-state index in [1.165, 1.54) is 11.9 Å². The second-order valence-electron chi connectivity index (χ2n) is 8.01. The minimum absolute atomic E-state index is 0.0656. The summed E-state index contributed by atoms with van der Waals surface area (Å²) in [7, 11) is 1.53. The van der Waals surface area contributed by atoms with Crippen molar-refractivity contribution < 1.29 is 24.2 Å². The zero-order valence-electron chi connectivity index (χ0n) is 18.1. The fraction of sp³-hybridized carbons (Fsp3) is 0.375. The first kappa shape index (κ1) is 22.3. The highest BCUT2D eigenvalue weighted by Gasteiger charge is 2.36. The number of hydrogen-bond donors (Lipinski definition) is 2. The molecule has 2 aromatic rings. The van der Waals surface area contributed by atoms with Crippen LogP contribution in [0.25, 0.3) is 11.1 Å². The summed E-state index contributed by atoms with van der Waals surface area (Å²) in [4.78, 5) is 37.5. The molecule has 3 rings (SSSR count). The minimum atomic E-state index is -1.18. The topological polar surface area (TPSA) is 95.9 Å². The Morgan fingerprint density at radius 2 is 1.61 bits per heavy atom. The Kier molecular flexibility index (Phi) is 6.63. The molecule has 1 aliphatic carbocycles. The van der Waals surface area contributed by atoms with E-state index in [-0.39, 0.29) is 31.4 Å². The molecule has 31 heavy (non-hydrogen) atoms. The fourth-order valence-corrected chi connectivity index (χ4v) is 3.94. The van der Waals surface area contributed by atoms with Crippen molar-refractivity contribution in [3.8, 4) is 11.1 Å². The Morgan fingerprint density at radius 1 is 1.06 bits per heavy atom.